The highest BCUT2D eigenvalue weighted by atomic mass is 16.5. The lowest BCUT2D eigenvalue weighted by atomic mass is 9.96. The number of rotatable bonds is 5. The molecule has 0 amide bonds. The maximum absolute atomic E-state index is 9.01. The van der Waals surface area contributed by atoms with E-state index in [0.29, 0.717) is 11.5 Å². The van der Waals surface area contributed by atoms with E-state index in [4.69, 9.17) is 9.84 Å². The molecule has 84 valence electrons. The van der Waals surface area contributed by atoms with Crippen LogP contribution in [0.5, 0.6) is 0 Å². The topological polar surface area (TPSA) is 55.2 Å². The van der Waals surface area contributed by atoms with Gasteiger partial charge in [0, 0.05) is 13.3 Å². The Morgan fingerprint density at radius 3 is 2.53 bits per heavy atom. The molecule has 0 saturated carbocycles. The van der Waals surface area contributed by atoms with Gasteiger partial charge in [-0.1, -0.05) is 13.8 Å². The maximum Gasteiger partial charge on any atom is 0.160 e. The SMILES string of the molecule is CCC(CC)(OC)c1nccc(CO)n1. The molecule has 0 atom stereocenters. The summed E-state index contributed by atoms with van der Waals surface area (Å²) in [5.74, 6) is 0.654. The van der Waals surface area contributed by atoms with Crippen molar-refractivity contribution in [2.24, 2.45) is 0 Å². The molecule has 4 nitrogen and oxygen atoms in total. The predicted octanol–water partition coefficient (Wildman–Crippen LogP) is 1.63. The molecule has 4 heteroatoms. The molecule has 0 fully saturated rings. The van der Waals surface area contributed by atoms with Gasteiger partial charge in [-0.3, -0.25) is 0 Å². The number of ether oxygens (including phenoxy) is 1. The highest BCUT2D eigenvalue weighted by molar-refractivity contribution is 5.07. The summed E-state index contributed by atoms with van der Waals surface area (Å²) in [6, 6.07) is 1.70. The van der Waals surface area contributed by atoms with E-state index >= 15 is 0 Å². The number of aromatic nitrogens is 2. The van der Waals surface area contributed by atoms with Gasteiger partial charge in [0.15, 0.2) is 5.82 Å². The van der Waals surface area contributed by atoms with E-state index in [1.807, 2.05) is 13.8 Å². The van der Waals surface area contributed by atoms with Gasteiger partial charge in [0.25, 0.3) is 0 Å². The summed E-state index contributed by atoms with van der Waals surface area (Å²) in [6.45, 7) is 4.02. The van der Waals surface area contributed by atoms with Gasteiger partial charge in [0.2, 0.25) is 0 Å². The Bertz CT molecular complexity index is 303. The van der Waals surface area contributed by atoms with Crippen LogP contribution in [0.3, 0.4) is 0 Å². The number of aliphatic hydroxyl groups is 1. The molecule has 1 heterocycles. The normalized spacial score (nSPS) is 11.7. The number of hydrogen-bond donors (Lipinski definition) is 1. The molecule has 0 saturated heterocycles. The van der Waals surface area contributed by atoms with Crippen molar-refractivity contribution in [1.82, 2.24) is 9.97 Å². The Morgan fingerprint density at radius 2 is 2.07 bits per heavy atom. The van der Waals surface area contributed by atoms with Gasteiger partial charge in [-0.15, -0.1) is 0 Å². The number of aliphatic hydroxyl groups excluding tert-OH is 1. The summed E-state index contributed by atoms with van der Waals surface area (Å²) in [5.41, 5.74) is 0.203. The minimum atomic E-state index is -0.425. The van der Waals surface area contributed by atoms with Gasteiger partial charge >= 0.3 is 0 Å². The second kappa shape index (κ2) is 5.19. The second-order valence-corrected chi connectivity index (χ2v) is 3.44. The zero-order chi connectivity index (χ0) is 11.3. The van der Waals surface area contributed by atoms with Crippen molar-refractivity contribution in [1.29, 1.82) is 0 Å². The fraction of sp³-hybridized carbons (Fsp3) is 0.636. The fourth-order valence-corrected chi connectivity index (χ4v) is 1.65. The summed E-state index contributed by atoms with van der Waals surface area (Å²) in [5, 5.41) is 9.01. The average Bonchev–Trinajstić information content (AvgIpc) is 2.32. The minimum Gasteiger partial charge on any atom is -0.390 e. The van der Waals surface area contributed by atoms with Crippen LogP contribution in [0.2, 0.25) is 0 Å². The van der Waals surface area contributed by atoms with Crippen LogP contribution in [0.15, 0.2) is 12.3 Å². The Labute approximate surface area is 90.3 Å². The molecule has 0 aliphatic heterocycles. The van der Waals surface area contributed by atoms with Crippen molar-refractivity contribution < 1.29 is 9.84 Å². The van der Waals surface area contributed by atoms with E-state index in [0.717, 1.165) is 12.8 Å². The first-order valence-electron chi connectivity index (χ1n) is 5.20. The smallest absolute Gasteiger partial charge is 0.160 e. The first-order chi connectivity index (χ1) is 7.22. The highest BCUT2D eigenvalue weighted by Gasteiger charge is 2.31. The van der Waals surface area contributed by atoms with Crippen LogP contribution in [0.25, 0.3) is 0 Å². The molecule has 15 heavy (non-hydrogen) atoms. The highest BCUT2D eigenvalue weighted by Crippen LogP contribution is 2.29. The van der Waals surface area contributed by atoms with Crippen LogP contribution >= 0.6 is 0 Å². The second-order valence-electron chi connectivity index (χ2n) is 3.44. The first-order valence-corrected chi connectivity index (χ1v) is 5.20. The molecule has 1 aromatic heterocycles. The third kappa shape index (κ3) is 2.33. The van der Waals surface area contributed by atoms with Crippen LogP contribution < -0.4 is 0 Å². The van der Waals surface area contributed by atoms with E-state index < -0.39 is 5.60 Å². The molecule has 0 unspecified atom stereocenters. The van der Waals surface area contributed by atoms with Crippen molar-refractivity contribution in [2.75, 3.05) is 7.11 Å². The Balaban J connectivity index is 3.10. The molecule has 1 rings (SSSR count). The molecular formula is C11H18N2O2. The van der Waals surface area contributed by atoms with Gasteiger partial charge in [-0.2, -0.15) is 0 Å². The number of methoxy groups -OCH3 is 1. The van der Waals surface area contributed by atoms with Crippen LogP contribution in [0.4, 0.5) is 0 Å². The maximum atomic E-state index is 9.01. The van der Waals surface area contributed by atoms with E-state index in [1.54, 1.807) is 19.4 Å². The van der Waals surface area contributed by atoms with Crippen molar-refractivity contribution in [2.45, 2.75) is 38.9 Å². The Kier molecular flexibility index (Phi) is 4.17. The van der Waals surface area contributed by atoms with Crippen molar-refractivity contribution in [3.63, 3.8) is 0 Å². The fourth-order valence-electron chi connectivity index (χ4n) is 1.65. The van der Waals surface area contributed by atoms with E-state index in [-0.39, 0.29) is 6.61 Å². The van der Waals surface area contributed by atoms with Crippen LogP contribution in [-0.2, 0) is 16.9 Å². The molecule has 0 spiro atoms. The largest absolute Gasteiger partial charge is 0.390 e. The van der Waals surface area contributed by atoms with Gasteiger partial charge in [0.1, 0.15) is 5.60 Å². The van der Waals surface area contributed by atoms with Crippen molar-refractivity contribution >= 4 is 0 Å². The van der Waals surface area contributed by atoms with Crippen LogP contribution in [0, 0.1) is 0 Å². The predicted molar refractivity (Wildman–Crippen MR) is 57.2 cm³/mol. The summed E-state index contributed by atoms with van der Waals surface area (Å²) in [4.78, 5) is 8.52. The van der Waals surface area contributed by atoms with Crippen LogP contribution in [0.1, 0.15) is 38.2 Å². The monoisotopic (exact) mass is 210 g/mol. The molecule has 0 aliphatic rings. The van der Waals surface area contributed by atoms with Gasteiger partial charge in [0.05, 0.1) is 12.3 Å². The first kappa shape index (κ1) is 12.1. The number of nitrogens with zero attached hydrogens (tertiary/aromatic N) is 2. The third-order valence-corrected chi connectivity index (χ3v) is 2.82. The molecular weight excluding hydrogens is 192 g/mol. The van der Waals surface area contributed by atoms with E-state index in [9.17, 15) is 0 Å². The zero-order valence-corrected chi connectivity index (χ0v) is 9.53. The van der Waals surface area contributed by atoms with E-state index in [2.05, 4.69) is 9.97 Å². The van der Waals surface area contributed by atoms with Crippen molar-refractivity contribution in [3.05, 3.63) is 23.8 Å². The summed E-state index contributed by atoms with van der Waals surface area (Å²) in [6.07, 6.45) is 3.29. The Morgan fingerprint density at radius 1 is 1.40 bits per heavy atom. The molecule has 1 N–H and O–H groups in total. The van der Waals surface area contributed by atoms with Gasteiger partial charge in [-0.05, 0) is 18.9 Å². The lowest BCUT2D eigenvalue weighted by molar-refractivity contribution is -0.0294. The molecule has 1 aromatic rings. The lowest BCUT2D eigenvalue weighted by Gasteiger charge is -2.28. The Hall–Kier alpha value is -1.00. The zero-order valence-electron chi connectivity index (χ0n) is 9.53. The van der Waals surface area contributed by atoms with Crippen molar-refractivity contribution in [3.8, 4) is 0 Å². The summed E-state index contributed by atoms with van der Waals surface area (Å²) in [7, 11) is 1.67. The van der Waals surface area contributed by atoms with E-state index in [1.165, 1.54) is 0 Å². The molecule has 0 bridgehead atoms. The summed E-state index contributed by atoms with van der Waals surface area (Å²) < 4.78 is 5.52. The van der Waals surface area contributed by atoms with Gasteiger partial charge in [-0.25, -0.2) is 9.97 Å². The standard InChI is InChI=1S/C11H18N2O2/c1-4-11(5-2,15-3)10-12-7-6-9(8-14)13-10/h6-7,14H,4-5,8H2,1-3H3. The molecule has 0 aromatic carbocycles. The quantitative estimate of drug-likeness (QED) is 0.802. The average molecular weight is 210 g/mol. The minimum absolute atomic E-state index is 0.0667. The van der Waals surface area contributed by atoms with Gasteiger partial charge < -0.3 is 9.84 Å². The number of hydrogen-bond acceptors (Lipinski definition) is 4. The molecule has 0 aliphatic carbocycles. The lowest BCUT2D eigenvalue weighted by Crippen LogP contribution is -2.29. The summed E-state index contributed by atoms with van der Waals surface area (Å²) >= 11 is 0. The molecule has 0 radical (unpaired) electrons. The third-order valence-electron chi connectivity index (χ3n) is 2.82. The van der Waals surface area contributed by atoms with Crippen LogP contribution in [-0.4, -0.2) is 22.2 Å².